The van der Waals surface area contributed by atoms with Crippen molar-refractivity contribution in [3.8, 4) is 28.7 Å². The molecule has 4 heteroatoms. The Morgan fingerprint density at radius 2 is 1.54 bits per heavy atom. The second-order valence-corrected chi connectivity index (χ2v) is 5.79. The number of benzene rings is 3. The fourth-order valence-corrected chi connectivity index (χ4v) is 2.57. The number of esters is 1. The van der Waals surface area contributed by atoms with Crippen LogP contribution in [0.2, 0.25) is 0 Å². The molecule has 3 aromatic rings. The van der Waals surface area contributed by atoms with E-state index in [4.69, 9.17) is 14.7 Å². The van der Waals surface area contributed by atoms with E-state index in [0.717, 1.165) is 16.7 Å². The van der Waals surface area contributed by atoms with E-state index in [9.17, 15) is 4.79 Å². The van der Waals surface area contributed by atoms with Crippen LogP contribution in [0.3, 0.4) is 0 Å². The Balaban J connectivity index is 1.74. The molecule has 3 aromatic carbocycles. The molecule has 0 fully saturated rings. The summed E-state index contributed by atoms with van der Waals surface area (Å²) in [5.74, 6) is 0.678. The van der Waals surface area contributed by atoms with E-state index in [2.05, 4.69) is 6.07 Å². The zero-order chi connectivity index (χ0) is 18.5. The normalized spacial score (nSPS) is 10.0. The molecule has 0 unspecified atom stereocenters. The minimum Gasteiger partial charge on any atom is -0.496 e. The van der Waals surface area contributed by atoms with Gasteiger partial charge < -0.3 is 9.47 Å². The van der Waals surface area contributed by atoms with Crippen LogP contribution in [0.5, 0.6) is 11.5 Å². The van der Waals surface area contributed by atoms with Crippen molar-refractivity contribution in [3.05, 3.63) is 83.4 Å². The standard InChI is InChI=1S/C22H17NO3/c1-15-3-6-19(13-21(15)25-2)22(24)26-20-11-9-18(10-12-20)17-7-4-16(14-23)5-8-17/h3-13H,1-2H3. The van der Waals surface area contributed by atoms with Gasteiger partial charge in [-0.3, -0.25) is 0 Å². The lowest BCUT2D eigenvalue weighted by atomic mass is 10.0. The van der Waals surface area contributed by atoms with Crippen molar-refractivity contribution < 1.29 is 14.3 Å². The van der Waals surface area contributed by atoms with Gasteiger partial charge in [-0.05, 0) is 60.0 Å². The fourth-order valence-electron chi connectivity index (χ4n) is 2.57. The van der Waals surface area contributed by atoms with Crippen LogP contribution in [-0.2, 0) is 0 Å². The lowest BCUT2D eigenvalue weighted by Gasteiger charge is -2.09. The number of carbonyl (C=O) groups excluding carboxylic acids is 1. The molecule has 0 spiro atoms. The number of methoxy groups -OCH3 is 1. The van der Waals surface area contributed by atoms with Crippen molar-refractivity contribution in [2.24, 2.45) is 0 Å². The molecule has 0 saturated heterocycles. The lowest BCUT2D eigenvalue weighted by Crippen LogP contribution is -2.08. The third-order valence-corrected chi connectivity index (χ3v) is 4.06. The van der Waals surface area contributed by atoms with Gasteiger partial charge in [0.25, 0.3) is 0 Å². The quantitative estimate of drug-likeness (QED) is 0.506. The van der Waals surface area contributed by atoms with Crippen molar-refractivity contribution in [2.45, 2.75) is 6.92 Å². The van der Waals surface area contributed by atoms with Crippen LogP contribution in [0.25, 0.3) is 11.1 Å². The van der Waals surface area contributed by atoms with Crippen molar-refractivity contribution in [2.75, 3.05) is 7.11 Å². The monoisotopic (exact) mass is 343 g/mol. The minimum atomic E-state index is -0.436. The highest BCUT2D eigenvalue weighted by molar-refractivity contribution is 5.91. The first-order valence-corrected chi connectivity index (χ1v) is 8.08. The predicted octanol–water partition coefficient (Wildman–Crippen LogP) is 4.76. The minimum absolute atomic E-state index is 0.434. The smallest absolute Gasteiger partial charge is 0.343 e. The Bertz CT molecular complexity index is 968. The molecule has 4 nitrogen and oxygen atoms in total. The molecule has 0 aromatic heterocycles. The third kappa shape index (κ3) is 3.73. The number of hydrogen-bond donors (Lipinski definition) is 0. The fraction of sp³-hybridized carbons (Fsp3) is 0.0909. The summed E-state index contributed by atoms with van der Waals surface area (Å²) in [6.45, 7) is 1.91. The average molecular weight is 343 g/mol. The highest BCUT2D eigenvalue weighted by atomic mass is 16.5. The SMILES string of the molecule is COc1cc(C(=O)Oc2ccc(-c3ccc(C#N)cc3)cc2)ccc1C. The van der Waals surface area contributed by atoms with E-state index in [1.807, 2.05) is 37.3 Å². The van der Waals surface area contributed by atoms with Gasteiger partial charge in [0, 0.05) is 0 Å². The van der Waals surface area contributed by atoms with Gasteiger partial charge in [-0.25, -0.2) is 4.79 Å². The van der Waals surface area contributed by atoms with Crippen LogP contribution in [0, 0.1) is 18.3 Å². The van der Waals surface area contributed by atoms with Gasteiger partial charge in [-0.2, -0.15) is 5.26 Å². The van der Waals surface area contributed by atoms with Crippen LogP contribution in [0.15, 0.2) is 66.7 Å². The second kappa shape index (κ2) is 7.54. The first kappa shape index (κ1) is 17.2. The summed E-state index contributed by atoms with van der Waals surface area (Å²) < 4.78 is 10.7. The molecule has 128 valence electrons. The van der Waals surface area contributed by atoms with E-state index in [1.165, 1.54) is 0 Å². The van der Waals surface area contributed by atoms with E-state index >= 15 is 0 Å². The van der Waals surface area contributed by atoms with E-state index < -0.39 is 5.97 Å². The van der Waals surface area contributed by atoms with Gasteiger partial charge in [0.15, 0.2) is 0 Å². The molecule has 0 amide bonds. The molecule has 0 bridgehead atoms. The Morgan fingerprint density at radius 1 is 0.923 bits per heavy atom. The van der Waals surface area contributed by atoms with Gasteiger partial charge in [-0.1, -0.05) is 30.3 Å². The first-order chi connectivity index (χ1) is 12.6. The topological polar surface area (TPSA) is 59.3 Å². The molecule has 0 atom stereocenters. The lowest BCUT2D eigenvalue weighted by molar-refractivity contribution is 0.0734. The first-order valence-electron chi connectivity index (χ1n) is 8.08. The van der Waals surface area contributed by atoms with Crippen LogP contribution >= 0.6 is 0 Å². The Morgan fingerprint density at radius 3 is 2.12 bits per heavy atom. The highest BCUT2D eigenvalue weighted by Crippen LogP contribution is 2.24. The summed E-state index contributed by atoms with van der Waals surface area (Å²) in [5, 5.41) is 8.86. The van der Waals surface area contributed by atoms with Crippen LogP contribution < -0.4 is 9.47 Å². The Hall–Kier alpha value is -3.58. The number of carbonyl (C=O) groups is 1. The third-order valence-electron chi connectivity index (χ3n) is 4.06. The highest BCUT2D eigenvalue weighted by Gasteiger charge is 2.11. The Kier molecular flexibility index (Phi) is 5.00. The molecule has 0 N–H and O–H groups in total. The average Bonchev–Trinajstić information content (AvgIpc) is 2.69. The van der Waals surface area contributed by atoms with Gasteiger partial charge in [0.1, 0.15) is 11.5 Å². The Labute approximate surface area is 152 Å². The maximum atomic E-state index is 12.3. The zero-order valence-electron chi connectivity index (χ0n) is 14.5. The largest absolute Gasteiger partial charge is 0.496 e. The molecule has 0 heterocycles. The molecule has 3 rings (SSSR count). The van der Waals surface area contributed by atoms with E-state index in [0.29, 0.717) is 22.6 Å². The molecular weight excluding hydrogens is 326 g/mol. The van der Waals surface area contributed by atoms with Gasteiger partial charge >= 0.3 is 5.97 Å². The second-order valence-electron chi connectivity index (χ2n) is 5.79. The molecule has 0 saturated carbocycles. The molecule has 0 aliphatic heterocycles. The van der Waals surface area contributed by atoms with E-state index in [1.54, 1.807) is 43.5 Å². The molecule has 0 aliphatic carbocycles. The number of nitriles is 1. The number of ether oxygens (including phenoxy) is 2. The summed E-state index contributed by atoms with van der Waals surface area (Å²) in [6.07, 6.45) is 0. The zero-order valence-corrected chi connectivity index (χ0v) is 14.5. The van der Waals surface area contributed by atoms with Gasteiger partial charge in [0.05, 0.1) is 24.3 Å². The summed E-state index contributed by atoms with van der Waals surface area (Å²) in [7, 11) is 1.57. The number of aryl methyl sites for hydroxylation is 1. The van der Waals surface area contributed by atoms with Gasteiger partial charge in [0.2, 0.25) is 0 Å². The van der Waals surface area contributed by atoms with Crippen molar-refractivity contribution in [1.82, 2.24) is 0 Å². The number of hydrogen-bond acceptors (Lipinski definition) is 4. The molecule has 26 heavy (non-hydrogen) atoms. The maximum absolute atomic E-state index is 12.3. The maximum Gasteiger partial charge on any atom is 0.343 e. The predicted molar refractivity (Wildman–Crippen MR) is 99.3 cm³/mol. The summed E-state index contributed by atoms with van der Waals surface area (Å²) in [5.41, 5.74) is 3.98. The van der Waals surface area contributed by atoms with E-state index in [-0.39, 0.29) is 0 Å². The summed E-state index contributed by atoms with van der Waals surface area (Å²) >= 11 is 0. The van der Waals surface area contributed by atoms with Crippen molar-refractivity contribution in [3.63, 3.8) is 0 Å². The number of rotatable bonds is 4. The van der Waals surface area contributed by atoms with Crippen LogP contribution in [0.1, 0.15) is 21.5 Å². The molecule has 0 radical (unpaired) electrons. The molecular formula is C22H17NO3. The van der Waals surface area contributed by atoms with Crippen molar-refractivity contribution >= 4 is 5.97 Å². The van der Waals surface area contributed by atoms with Gasteiger partial charge in [-0.15, -0.1) is 0 Å². The van der Waals surface area contributed by atoms with Crippen LogP contribution in [-0.4, -0.2) is 13.1 Å². The van der Waals surface area contributed by atoms with Crippen LogP contribution in [0.4, 0.5) is 0 Å². The molecule has 0 aliphatic rings. The number of nitrogens with zero attached hydrogens (tertiary/aromatic N) is 1. The summed E-state index contributed by atoms with van der Waals surface area (Å²) in [6, 6.07) is 21.9. The summed E-state index contributed by atoms with van der Waals surface area (Å²) in [4.78, 5) is 12.3. The van der Waals surface area contributed by atoms with Crippen molar-refractivity contribution in [1.29, 1.82) is 5.26 Å².